The number of carbonyl (C=O) groups excluding carboxylic acids is 1. The molecular formula is C24H27FN6O. The fourth-order valence-electron chi connectivity index (χ4n) is 3.94. The highest BCUT2D eigenvalue weighted by Crippen LogP contribution is 2.28. The summed E-state index contributed by atoms with van der Waals surface area (Å²) in [6, 6.07) is 10.9. The second kappa shape index (κ2) is 9.32. The van der Waals surface area contributed by atoms with Crippen LogP contribution in [0.2, 0.25) is 0 Å². The molecule has 166 valence electrons. The van der Waals surface area contributed by atoms with E-state index in [0.717, 1.165) is 48.4 Å². The summed E-state index contributed by atoms with van der Waals surface area (Å²) in [6.45, 7) is 2.03. The third kappa shape index (κ3) is 4.86. The van der Waals surface area contributed by atoms with Crippen LogP contribution in [0.15, 0.2) is 48.8 Å². The molecule has 1 aromatic carbocycles. The molecule has 0 aliphatic heterocycles. The van der Waals surface area contributed by atoms with Crippen molar-refractivity contribution < 1.29 is 9.18 Å². The summed E-state index contributed by atoms with van der Waals surface area (Å²) in [5.74, 6) is -1.22. The van der Waals surface area contributed by atoms with Crippen molar-refractivity contribution in [2.45, 2.75) is 44.7 Å². The smallest absolute Gasteiger partial charge is 0.252 e. The molecule has 32 heavy (non-hydrogen) atoms. The summed E-state index contributed by atoms with van der Waals surface area (Å²) in [5, 5.41) is 6.19. The van der Waals surface area contributed by atoms with Gasteiger partial charge in [0.05, 0.1) is 17.4 Å². The van der Waals surface area contributed by atoms with Gasteiger partial charge in [-0.2, -0.15) is 0 Å². The molecule has 0 bridgehead atoms. The van der Waals surface area contributed by atoms with Crippen LogP contribution in [-0.4, -0.2) is 28.0 Å². The van der Waals surface area contributed by atoms with Crippen molar-refractivity contribution in [3.63, 3.8) is 0 Å². The molecule has 7 nitrogen and oxygen atoms in total. The Morgan fingerprint density at radius 3 is 2.53 bits per heavy atom. The number of pyridine rings is 2. The Balaban J connectivity index is 1.64. The fourth-order valence-corrected chi connectivity index (χ4v) is 3.94. The standard InChI is InChI=1S/C24H27FN6O/c1-14-6-8-15(9-7-14)16-10-17(13-28-12-16)29-23-18(22(27)32)11-19(25)24(31-23)30-21-5-3-2-4-20(21)26/h6-13,20-21H,2-5,26H2,1H3,(H2,27,32)(H2,29,30,31)/t20-,21+/m0/s1. The second-order valence-corrected chi connectivity index (χ2v) is 8.23. The first-order chi connectivity index (χ1) is 15.4. The number of nitrogens with zero attached hydrogens (tertiary/aromatic N) is 2. The minimum atomic E-state index is -0.775. The first-order valence-corrected chi connectivity index (χ1v) is 10.7. The van der Waals surface area contributed by atoms with E-state index in [2.05, 4.69) is 20.6 Å². The maximum atomic E-state index is 14.7. The van der Waals surface area contributed by atoms with Crippen molar-refractivity contribution >= 4 is 23.2 Å². The van der Waals surface area contributed by atoms with Crippen molar-refractivity contribution in [2.75, 3.05) is 10.6 Å². The highest BCUT2D eigenvalue weighted by atomic mass is 19.1. The molecule has 0 saturated heterocycles. The van der Waals surface area contributed by atoms with Crippen LogP contribution in [0.1, 0.15) is 41.6 Å². The Hall–Kier alpha value is -3.52. The minimum Gasteiger partial charge on any atom is -0.365 e. The molecule has 1 aliphatic rings. The van der Waals surface area contributed by atoms with E-state index in [0.29, 0.717) is 5.69 Å². The third-order valence-corrected chi connectivity index (χ3v) is 5.77. The number of anilines is 3. The molecular weight excluding hydrogens is 407 g/mol. The summed E-state index contributed by atoms with van der Waals surface area (Å²) >= 11 is 0. The third-order valence-electron chi connectivity index (χ3n) is 5.77. The number of halogens is 1. The Morgan fingerprint density at radius 2 is 1.81 bits per heavy atom. The van der Waals surface area contributed by atoms with Gasteiger partial charge in [-0.1, -0.05) is 42.7 Å². The van der Waals surface area contributed by atoms with Gasteiger partial charge in [0.2, 0.25) is 0 Å². The number of primary amides is 1. The molecule has 2 atom stereocenters. The SMILES string of the molecule is Cc1ccc(-c2cncc(Nc3nc(N[C@@H]4CCCC[C@@H]4N)c(F)cc3C(N)=O)c2)cc1. The summed E-state index contributed by atoms with van der Waals surface area (Å²) in [4.78, 5) is 20.6. The predicted molar refractivity (Wildman–Crippen MR) is 124 cm³/mol. The highest BCUT2D eigenvalue weighted by Gasteiger charge is 2.24. The average Bonchev–Trinajstić information content (AvgIpc) is 2.78. The molecule has 2 heterocycles. The first kappa shape index (κ1) is 21.7. The van der Waals surface area contributed by atoms with Gasteiger partial charge in [0.25, 0.3) is 5.91 Å². The zero-order valence-corrected chi connectivity index (χ0v) is 17.9. The Bertz CT molecular complexity index is 1120. The van der Waals surface area contributed by atoms with Gasteiger partial charge < -0.3 is 22.1 Å². The van der Waals surface area contributed by atoms with E-state index in [-0.39, 0.29) is 29.3 Å². The van der Waals surface area contributed by atoms with Crippen molar-refractivity contribution in [1.29, 1.82) is 0 Å². The van der Waals surface area contributed by atoms with E-state index < -0.39 is 11.7 Å². The number of nitrogens with two attached hydrogens (primary N) is 2. The molecule has 8 heteroatoms. The molecule has 0 spiro atoms. The molecule has 2 aromatic heterocycles. The zero-order valence-electron chi connectivity index (χ0n) is 17.9. The van der Waals surface area contributed by atoms with Crippen LogP contribution in [-0.2, 0) is 0 Å². The number of hydrogen-bond acceptors (Lipinski definition) is 6. The van der Waals surface area contributed by atoms with Gasteiger partial charge in [-0.25, -0.2) is 9.37 Å². The number of carbonyl (C=O) groups is 1. The lowest BCUT2D eigenvalue weighted by atomic mass is 9.91. The quantitative estimate of drug-likeness (QED) is 0.463. The van der Waals surface area contributed by atoms with Gasteiger partial charge in [-0.3, -0.25) is 9.78 Å². The maximum Gasteiger partial charge on any atom is 0.252 e. The summed E-state index contributed by atoms with van der Waals surface area (Å²) in [6.07, 6.45) is 7.16. The van der Waals surface area contributed by atoms with E-state index in [1.54, 1.807) is 12.4 Å². The van der Waals surface area contributed by atoms with Crippen LogP contribution in [0, 0.1) is 12.7 Å². The van der Waals surface area contributed by atoms with Crippen LogP contribution in [0.3, 0.4) is 0 Å². The number of rotatable bonds is 6. The van der Waals surface area contributed by atoms with Crippen LogP contribution in [0.5, 0.6) is 0 Å². The predicted octanol–water partition coefficient (Wildman–Crippen LogP) is 4.12. The normalized spacial score (nSPS) is 18.2. The molecule has 4 rings (SSSR count). The lowest BCUT2D eigenvalue weighted by Gasteiger charge is -2.30. The van der Waals surface area contributed by atoms with E-state index in [1.807, 2.05) is 37.3 Å². The fraction of sp³-hybridized carbons (Fsp3) is 0.292. The minimum absolute atomic E-state index is 0.0401. The first-order valence-electron chi connectivity index (χ1n) is 10.7. The van der Waals surface area contributed by atoms with Gasteiger partial charge in [0.15, 0.2) is 11.6 Å². The van der Waals surface area contributed by atoms with Crippen LogP contribution >= 0.6 is 0 Å². The van der Waals surface area contributed by atoms with Crippen molar-refractivity contribution in [3.05, 3.63) is 65.7 Å². The maximum absolute atomic E-state index is 14.7. The number of amides is 1. The zero-order chi connectivity index (χ0) is 22.7. The number of benzene rings is 1. The van der Waals surface area contributed by atoms with E-state index in [4.69, 9.17) is 11.5 Å². The average molecular weight is 435 g/mol. The molecule has 0 unspecified atom stereocenters. The monoisotopic (exact) mass is 434 g/mol. The molecule has 1 saturated carbocycles. The second-order valence-electron chi connectivity index (χ2n) is 8.23. The molecule has 6 N–H and O–H groups in total. The number of aryl methyl sites for hydroxylation is 1. The topological polar surface area (TPSA) is 119 Å². The summed E-state index contributed by atoms with van der Waals surface area (Å²) in [7, 11) is 0. The van der Waals surface area contributed by atoms with E-state index >= 15 is 0 Å². The van der Waals surface area contributed by atoms with Crippen LogP contribution < -0.4 is 22.1 Å². The summed E-state index contributed by atoms with van der Waals surface area (Å²) < 4.78 is 14.7. The number of aromatic nitrogens is 2. The van der Waals surface area contributed by atoms with Crippen LogP contribution in [0.4, 0.5) is 21.7 Å². The number of nitrogens with one attached hydrogen (secondary N) is 2. The lowest BCUT2D eigenvalue weighted by molar-refractivity contribution is 0.100. The Kier molecular flexibility index (Phi) is 6.32. The molecule has 0 radical (unpaired) electrons. The Labute approximate surface area is 186 Å². The number of hydrogen-bond donors (Lipinski definition) is 4. The summed E-state index contributed by atoms with van der Waals surface area (Å²) in [5.41, 5.74) is 15.3. The van der Waals surface area contributed by atoms with Gasteiger partial charge in [-0.05, 0) is 37.5 Å². The van der Waals surface area contributed by atoms with Gasteiger partial charge >= 0.3 is 0 Å². The van der Waals surface area contributed by atoms with Crippen molar-refractivity contribution in [3.8, 4) is 11.1 Å². The largest absolute Gasteiger partial charge is 0.365 e. The molecule has 1 fully saturated rings. The molecule has 3 aromatic rings. The Morgan fingerprint density at radius 1 is 1.06 bits per heavy atom. The van der Waals surface area contributed by atoms with Crippen molar-refractivity contribution in [2.24, 2.45) is 11.5 Å². The van der Waals surface area contributed by atoms with Crippen LogP contribution in [0.25, 0.3) is 11.1 Å². The lowest BCUT2D eigenvalue weighted by Crippen LogP contribution is -2.43. The molecule has 1 aliphatic carbocycles. The van der Waals surface area contributed by atoms with Crippen molar-refractivity contribution in [1.82, 2.24) is 9.97 Å². The van der Waals surface area contributed by atoms with Gasteiger partial charge in [0.1, 0.15) is 5.82 Å². The highest BCUT2D eigenvalue weighted by molar-refractivity contribution is 5.98. The van der Waals surface area contributed by atoms with E-state index in [9.17, 15) is 9.18 Å². The van der Waals surface area contributed by atoms with Gasteiger partial charge in [-0.15, -0.1) is 0 Å². The van der Waals surface area contributed by atoms with Gasteiger partial charge in [0, 0.05) is 23.8 Å². The van der Waals surface area contributed by atoms with E-state index in [1.165, 1.54) is 0 Å². The molecule has 1 amide bonds.